The molecular weight excluding hydrogens is 200 g/mol. The fourth-order valence-electron chi connectivity index (χ4n) is 2.10. The Morgan fingerprint density at radius 3 is 2.38 bits per heavy atom. The molecule has 0 saturated heterocycles. The van der Waals surface area contributed by atoms with E-state index in [2.05, 4.69) is 31.0 Å². The molecular formula is C13H28N2O. The van der Waals surface area contributed by atoms with Gasteiger partial charge in [-0.05, 0) is 53.1 Å². The van der Waals surface area contributed by atoms with Crippen molar-refractivity contribution in [3.8, 4) is 0 Å². The zero-order chi connectivity index (χ0) is 12.0. The van der Waals surface area contributed by atoms with E-state index in [1.807, 2.05) is 0 Å². The molecule has 1 saturated carbocycles. The first kappa shape index (κ1) is 13.9. The Morgan fingerprint density at radius 2 is 1.94 bits per heavy atom. The van der Waals surface area contributed by atoms with Gasteiger partial charge in [0.25, 0.3) is 0 Å². The van der Waals surface area contributed by atoms with E-state index in [0.717, 1.165) is 25.7 Å². The molecule has 0 unspecified atom stereocenters. The molecule has 0 spiro atoms. The van der Waals surface area contributed by atoms with Crippen LogP contribution >= 0.6 is 0 Å². The number of hydrogen-bond donors (Lipinski definition) is 2. The topological polar surface area (TPSA) is 35.5 Å². The molecule has 0 aromatic rings. The fraction of sp³-hybridized carbons (Fsp3) is 1.00. The van der Waals surface area contributed by atoms with Gasteiger partial charge in [-0.3, -0.25) is 4.90 Å². The van der Waals surface area contributed by atoms with Crippen molar-refractivity contribution in [2.24, 2.45) is 0 Å². The van der Waals surface area contributed by atoms with Gasteiger partial charge >= 0.3 is 0 Å². The van der Waals surface area contributed by atoms with Crippen LogP contribution in [-0.4, -0.2) is 47.8 Å². The second-order valence-electron chi connectivity index (χ2n) is 5.87. The molecule has 0 aromatic carbocycles. The van der Waals surface area contributed by atoms with E-state index in [-0.39, 0.29) is 5.54 Å². The van der Waals surface area contributed by atoms with Crippen LogP contribution in [0.2, 0.25) is 0 Å². The highest BCUT2D eigenvalue weighted by molar-refractivity contribution is 4.80. The van der Waals surface area contributed by atoms with Gasteiger partial charge in [0, 0.05) is 18.1 Å². The summed E-state index contributed by atoms with van der Waals surface area (Å²) in [6, 6.07) is 0.752. The van der Waals surface area contributed by atoms with Crippen molar-refractivity contribution in [2.75, 3.05) is 26.2 Å². The van der Waals surface area contributed by atoms with Crippen molar-refractivity contribution in [3.05, 3.63) is 0 Å². The molecule has 0 bridgehead atoms. The molecule has 0 aromatic heterocycles. The third kappa shape index (κ3) is 5.28. The molecule has 16 heavy (non-hydrogen) atoms. The summed E-state index contributed by atoms with van der Waals surface area (Å²) in [5.74, 6) is 0. The summed E-state index contributed by atoms with van der Waals surface area (Å²) in [5, 5.41) is 12.5. The Balaban J connectivity index is 2.12. The van der Waals surface area contributed by atoms with Crippen LogP contribution in [0.1, 0.15) is 46.5 Å². The van der Waals surface area contributed by atoms with E-state index in [9.17, 15) is 0 Å². The zero-order valence-corrected chi connectivity index (χ0v) is 11.1. The fourth-order valence-corrected chi connectivity index (χ4v) is 2.10. The molecule has 3 heteroatoms. The third-order valence-electron chi connectivity index (χ3n) is 3.26. The molecule has 1 aliphatic rings. The van der Waals surface area contributed by atoms with Crippen molar-refractivity contribution < 1.29 is 5.11 Å². The molecule has 1 rings (SSSR count). The molecule has 3 nitrogen and oxygen atoms in total. The summed E-state index contributed by atoms with van der Waals surface area (Å²) in [6.07, 6.45) is 5.19. The Kier molecular flexibility index (Phi) is 5.73. The van der Waals surface area contributed by atoms with Gasteiger partial charge in [-0.1, -0.05) is 6.42 Å². The molecule has 0 radical (unpaired) electrons. The van der Waals surface area contributed by atoms with Gasteiger partial charge in [0.05, 0.1) is 6.61 Å². The standard InChI is InChI=1S/C13H28N2O/c1-13(2,3)14-8-5-9-15(10-11-16)12-6-4-7-12/h12,14,16H,4-11H2,1-3H3. The minimum atomic E-state index is 0.221. The monoisotopic (exact) mass is 228 g/mol. The number of aliphatic hydroxyl groups is 1. The summed E-state index contributed by atoms with van der Waals surface area (Å²) in [7, 11) is 0. The van der Waals surface area contributed by atoms with Crippen molar-refractivity contribution in [3.63, 3.8) is 0 Å². The number of hydrogen-bond acceptors (Lipinski definition) is 3. The summed E-state index contributed by atoms with van der Waals surface area (Å²) < 4.78 is 0. The van der Waals surface area contributed by atoms with Gasteiger partial charge in [-0.2, -0.15) is 0 Å². The highest BCUT2D eigenvalue weighted by Gasteiger charge is 2.23. The first-order valence-corrected chi connectivity index (χ1v) is 6.63. The quantitative estimate of drug-likeness (QED) is 0.650. The first-order valence-electron chi connectivity index (χ1n) is 6.63. The van der Waals surface area contributed by atoms with Gasteiger partial charge in [0.15, 0.2) is 0 Å². The van der Waals surface area contributed by atoms with Gasteiger partial charge in [0.1, 0.15) is 0 Å². The molecule has 2 N–H and O–H groups in total. The smallest absolute Gasteiger partial charge is 0.0558 e. The lowest BCUT2D eigenvalue weighted by Crippen LogP contribution is -2.44. The Bertz CT molecular complexity index is 185. The molecule has 0 amide bonds. The lowest BCUT2D eigenvalue weighted by atomic mass is 9.91. The predicted molar refractivity (Wildman–Crippen MR) is 68.7 cm³/mol. The number of nitrogens with one attached hydrogen (secondary N) is 1. The molecule has 1 aliphatic carbocycles. The zero-order valence-electron chi connectivity index (χ0n) is 11.1. The van der Waals surface area contributed by atoms with Crippen LogP contribution in [0.15, 0.2) is 0 Å². The lowest BCUT2D eigenvalue weighted by Gasteiger charge is -2.37. The van der Waals surface area contributed by atoms with Crippen molar-refractivity contribution >= 4 is 0 Å². The normalized spacial score (nSPS) is 17.8. The van der Waals surface area contributed by atoms with Crippen LogP contribution in [0.5, 0.6) is 0 Å². The Morgan fingerprint density at radius 1 is 1.25 bits per heavy atom. The van der Waals surface area contributed by atoms with Gasteiger partial charge in [-0.25, -0.2) is 0 Å². The maximum Gasteiger partial charge on any atom is 0.0558 e. The van der Waals surface area contributed by atoms with Crippen LogP contribution in [0, 0.1) is 0 Å². The van der Waals surface area contributed by atoms with Crippen LogP contribution in [0.3, 0.4) is 0 Å². The molecule has 0 aliphatic heterocycles. The third-order valence-corrected chi connectivity index (χ3v) is 3.26. The minimum Gasteiger partial charge on any atom is -0.395 e. The Labute approximate surface area is 100 Å². The highest BCUT2D eigenvalue weighted by atomic mass is 16.3. The maximum absolute atomic E-state index is 9.03. The van der Waals surface area contributed by atoms with E-state index in [1.165, 1.54) is 25.7 Å². The van der Waals surface area contributed by atoms with E-state index < -0.39 is 0 Å². The van der Waals surface area contributed by atoms with Gasteiger partial charge in [0.2, 0.25) is 0 Å². The van der Waals surface area contributed by atoms with Crippen LogP contribution in [-0.2, 0) is 0 Å². The Hall–Kier alpha value is -0.120. The average Bonchev–Trinajstić information content (AvgIpc) is 2.08. The van der Waals surface area contributed by atoms with Gasteiger partial charge in [-0.15, -0.1) is 0 Å². The summed E-state index contributed by atoms with van der Waals surface area (Å²) >= 11 is 0. The van der Waals surface area contributed by atoms with Crippen LogP contribution in [0.4, 0.5) is 0 Å². The largest absolute Gasteiger partial charge is 0.395 e. The maximum atomic E-state index is 9.03. The van der Waals surface area contributed by atoms with E-state index >= 15 is 0 Å². The second-order valence-corrected chi connectivity index (χ2v) is 5.87. The highest BCUT2D eigenvalue weighted by Crippen LogP contribution is 2.24. The summed E-state index contributed by atoms with van der Waals surface area (Å²) in [6.45, 7) is 9.93. The molecule has 0 atom stereocenters. The average molecular weight is 228 g/mol. The summed E-state index contributed by atoms with van der Waals surface area (Å²) in [4.78, 5) is 2.45. The van der Waals surface area contributed by atoms with E-state index in [4.69, 9.17) is 5.11 Å². The van der Waals surface area contributed by atoms with Crippen molar-refractivity contribution in [2.45, 2.75) is 58.0 Å². The number of nitrogens with zero attached hydrogens (tertiary/aromatic N) is 1. The summed E-state index contributed by atoms with van der Waals surface area (Å²) in [5.41, 5.74) is 0.221. The minimum absolute atomic E-state index is 0.221. The van der Waals surface area contributed by atoms with Crippen LogP contribution in [0.25, 0.3) is 0 Å². The van der Waals surface area contributed by atoms with Crippen molar-refractivity contribution in [1.82, 2.24) is 10.2 Å². The molecule has 96 valence electrons. The number of aliphatic hydroxyl groups excluding tert-OH is 1. The first-order chi connectivity index (χ1) is 7.53. The van der Waals surface area contributed by atoms with Crippen molar-refractivity contribution in [1.29, 1.82) is 0 Å². The van der Waals surface area contributed by atoms with Gasteiger partial charge < -0.3 is 10.4 Å². The van der Waals surface area contributed by atoms with E-state index in [1.54, 1.807) is 0 Å². The number of rotatable bonds is 7. The van der Waals surface area contributed by atoms with E-state index in [0.29, 0.717) is 6.61 Å². The molecule has 0 heterocycles. The van der Waals surface area contributed by atoms with Crippen LogP contribution < -0.4 is 5.32 Å². The predicted octanol–water partition coefficient (Wildman–Crippen LogP) is 1.61. The second kappa shape index (κ2) is 6.58. The lowest BCUT2D eigenvalue weighted by molar-refractivity contribution is 0.0997. The molecule has 1 fully saturated rings. The SMILES string of the molecule is CC(C)(C)NCCCN(CCO)C1CCC1.